The first-order valence-electron chi connectivity index (χ1n) is 5.29. The third-order valence-corrected chi connectivity index (χ3v) is 2.56. The first-order chi connectivity index (χ1) is 7.91. The highest BCUT2D eigenvalue weighted by atomic mass is 35.5. The molecule has 5 heteroatoms. The zero-order valence-corrected chi connectivity index (χ0v) is 11.0. The molecule has 0 saturated carbocycles. The van der Waals surface area contributed by atoms with Gasteiger partial charge in [-0.15, -0.1) is 0 Å². The fourth-order valence-electron chi connectivity index (χ4n) is 1.32. The average molecular weight is 257 g/mol. The summed E-state index contributed by atoms with van der Waals surface area (Å²) in [4.78, 5) is 13.7. The van der Waals surface area contributed by atoms with Gasteiger partial charge in [0.15, 0.2) is 0 Å². The molecule has 1 aromatic carbocycles. The Bertz CT molecular complexity index is 419. The van der Waals surface area contributed by atoms with Crippen molar-refractivity contribution in [3.05, 3.63) is 28.3 Å². The van der Waals surface area contributed by atoms with Gasteiger partial charge in [0.2, 0.25) is 0 Å². The number of hydrogen-bond acceptors (Lipinski definition) is 4. The number of carbonyl (C=O) groups is 1. The maximum Gasteiger partial charge on any atom is 0.340 e. The molecule has 0 amide bonds. The van der Waals surface area contributed by atoms with Gasteiger partial charge in [-0.2, -0.15) is 0 Å². The lowest BCUT2D eigenvalue weighted by atomic mass is 10.1. The van der Waals surface area contributed by atoms with E-state index in [-0.39, 0.29) is 0 Å². The van der Waals surface area contributed by atoms with Crippen molar-refractivity contribution in [3.8, 4) is 0 Å². The van der Waals surface area contributed by atoms with Crippen molar-refractivity contribution in [2.45, 2.75) is 6.92 Å². The third kappa shape index (κ3) is 3.91. The number of anilines is 1. The molecule has 4 nitrogen and oxygen atoms in total. The van der Waals surface area contributed by atoms with E-state index in [0.717, 1.165) is 5.56 Å². The summed E-state index contributed by atoms with van der Waals surface area (Å²) in [7, 11) is 3.82. The molecule has 0 aliphatic heterocycles. The standard InChI is InChI=1S/C12H17ClN2O2/c1-8-6-9(13)7-10(11(8)14)12(16)17-5-4-15(2)3/h6-7H,4-5,14H2,1-3H3. The van der Waals surface area contributed by atoms with Gasteiger partial charge in [0.25, 0.3) is 0 Å². The summed E-state index contributed by atoms with van der Waals surface area (Å²) in [6, 6.07) is 3.25. The van der Waals surface area contributed by atoms with Gasteiger partial charge in [0.1, 0.15) is 6.61 Å². The van der Waals surface area contributed by atoms with Gasteiger partial charge in [0.05, 0.1) is 5.56 Å². The Balaban J connectivity index is 2.75. The second kappa shape index (κ2) is 5.89. The third-order valence-electron chi connectivity index (χ3n) is 2.34. The molecule has 0 aliphatic rings. The van der Waals surface area contributed by atoms with Gasteiger partial charge in [-0.25, -0.2) is 4.79 Å². The van der Waals surface area contributed by atoms with E-state index < -0.39 is 5.97 Å². The van der Waals surface area contributed by atoms with Crippen LogP contribution in [0, 0.1) is 6.92 Å². The zero-order valence-electron chi connectivity index (χ0n) is 10.3. The minimum absolute atomic E-state index is 0.328. The molecule has 0 spiro atoms. The molecule has 1 aromatic rings. The molecule has 2 N–H and O–H groups in total. The maximum atomic E-state index is 11.8. The highest BCUT2D eigenvalue weighted by Gasteiger charge is 2.14. The van der Waals surface area contributed by atoms with Gasteiger partial charge in [-0.3, -0.25) is 0 Å². The van der Waals surface area contributed by atoms with Crippen LogP contribution in [0.2, 0.25) is 5.02 Å². The summed E-state index contributed by atoms with van der Waals surface area (Å²) >= 11 is 5.88. The fourth-order valence-corrected chi connectivity index (χ4v) is 1.59. The Labute approximate surface area is 106 Å². The largest absolute Gasteiger partial charge is 0.461 e. The number of benzene rings is 1. The molecule has 0 atom stereocenters. The SMILES string of the molecule is Cc1cc(Cl)cc(C(=O)OCCN(C)C)c1N. The highest BCUT2D eigenvalue weighted by molar-refractivity contribution is 6.31. The number of aryl methyl sites for hydroxylation is 1. The second-order valence-electron chi connectivity index (χ2n) is 4.12. The predicted molar refractivity (Wildman–Crippen MR) is 69.4 cm³/mol. The van der Waals surface area contributed by atoms with Crippen molar-refractivity contribution >= 4 is 23.3 Å². The Morgan fingerprint density at radius 1 is 1.47 bits per heavy atom. The van der Waals surface area contributed by atoms with E-state index in [9.17, 15) is 4.79 Å². The molecule has 0 aliphatic carbocycles. The number of nitrogens with two attached hydrogens (primary N) is 1. The lowest BCUT2D eigenvalue weighted by molar-refractivity contribution is 0.0483. The van der Waals surface area contributed by atoms with Crippen LogP contribution >= 0.6 is 11.6 Å². The first-order valence-corrected chi connectivity index (χ1v) is 5.67. The van der Waals surface area contributed by atoms with Crippen LogP contribution in [0.5, 0.6) is 0 Å². The summed E-state index contributed by atoms with van der Waals surface area (Å²) < 4.78 is 5.11. The van der Waals surface area contributed by atoms with E-state index in [0.29, 0.717) is 29.4 Å². The van der Waals surface area contributed by atoms with Crippen LogP contribution < -0.4 is 5.73 Å². The molecule has 0 fully saturated rings. The van der Waals surface area contributed by atoms with E-state index in [2.05, 4.69) is 0 Å². The number of ether oxygens (including phenoxy) is 1. The van der Waals surface area contributed by atoms with Crippen LogP contribution in [-0.4, -0.2) is 38.1 Å². The Morgan fingerprint density at radius 3 is 2.71 bits per heavy atom. The number of rotatable bonds is 4. The van der Waals surface area contributed by atoms with Crippen LogP contribution in [-0.2, 0) is 4.74 Å². The van der Waals surface area contributed by atoms with Crippen molar-refractivity contribution in [2.24, 2.45) is 0 Å². The first kappa shape index (κ1) is 13.8. The highest BCUT2D eigenvalue weighted by Crippen LogP contribution is 2.23. The summed E-state index contributed by atoms with van der Waals surface area (Å²) in [6.07, 6.45) is 0. The number of hydrogen-bond donors (Lipinski definition) is 1. The minimum Gasteiger partial charge on any atom is -0.461 e. The van der Waals surface area contributed by atoms with Crippen LogP contribution in [0.3, 0.4) is 0 Å². The summed E-state index contributed by atoms with van der Waals surface area (Å²) in [5.41, 5.74) is 7.34. The van der Waals surface area contributed by atoms with Gasteiger partial charge in [0, 0.05) is 17.3 Å². The number of nitrogens with zero attached hydrogens (tertiary/aromatic N) is 1. The lowest BCUT2D eigenvalue weighted by Gasteiger charge is -2.12. The molecular weight excluding hydrogens is 240 g/mol. The monoisotopic (exact) mass is 256 g/mol. The minimum atomic E-state index is -0.435. The molecule has 1 rings (SSSR count). The van der Waals surface area contributed by atoms with E-state index in [1.807, 2.05) is 19.0 Å². The topological polar surface area (TPSA) is 55.6 Å². The molecular formula is C12H17ClN2O2. The van der Waals surface area contributed by atoms with Crippen molar-refractivity contribution in [2.75, 3.05) is 33.0 Å². The molecule has 17 heavy (non-hydrogen) atoms. The van der Waals surface area contributed by atoms with Crippen LogP contribution in [0.1, 0.15) is 15.9 Å². The summed E-state index contributed by atoms with van der Waals surface area (Å²) in [5.74, 6) is -0.435. The number of nitrogen functional groups attached to an aromatic ring is 1. The number of likely N-dealkylation sites (N-methyl/N-ethyl adjacent to an activating group) is 1. The molecule has 0 radical (unpaired) electrons. The van der Waals surface area contributed by atoms with Crippen LogP contribution in [0.25, 0.3) is 0 Å². The van der Waals surface area contributed by atoms with Gasteiger partial charge in [-0.05, 0) is 38.7 Å². The molecule has 0 unspecified atom stereocenters. The fraction of sp³-hybridized carbons (Fsp3) is 0.417. The predicted octanol–water partition coefficient (Wildman–Crippen LogP) is 1.95. The Morgan fingerprint density at radius 2 is 2.12 bits per heavy atom. The molecule has 0 heterocycles. The Kier molecular flexibility index (Phi) is 4.78. The lowest BCUT2D eigenvalue weighted by Crippen LogP contribution is -2.20. The van der Waals surface area contributed by atoms with Crippen LogP contribution in [0.15, 0.2) is 12.1 Å². The normalized spacial score (nSPS) is 10.6. The van der Waals surface area contributed by atoms with Gasteiger partial charge >= 0.3 is 5.97 Å². The van der Waals surface area contributed by atoms with E-state index in [1.54, 1.807) is 13.0 Å². The van der Waals surface area contributed by atoms with Gasteiger partial charge in [-0.1, -0.05) is 11.6 Å². The number of carbonyl (C=O) groups excluding carboxylic acids is 1. The number of halogens is 1. The average Bonchev–Trinajstić information content (AvgIpc) is 2.22. The van der Waals surface area contributed by atoms with Gasteiger partial charge < -0.3 is 15.4 Å². The quantitative estimate of drug-likeness (QED) is 0.661. The molecule has 0 saturated heterocycles. The van der Waals surface area contributed by atoms with E-state index >= 15 is 0 Å². The van der Waals surface area contributed by atoms with Crippen molar-refractivity contribution in [3.63, 3.8) is 0 Å². The van der Waals surface area contributed by atoms with Crippen molar-refractivity contribution in [1.29, 1.82) is 0 Å². The number of esters is 1. The Hall–Kier alpha value is -1.26. The maximum absolute atomic E-state index is 11.8. The summed E-state index contributed by atoms with van der Waals surface area (Å²) in [6.45, 7) is 2.81. The smallest absolute Gasteiger partial charge is 0.340 e. The van der Waals surface area contributed by atoms with E-state index in [4.69, 9.17) is 22.1 Å². The molecule has 94 valence electrons. The van der Waals surface area contributed by atoms with Crippen molar-refractivity contribution in [1.82, 2.24) is 4.90 Å². The molecule has 0 bridgehead atoms. The molecule has 0 aromatic heterocycles. The zero-order chi connectivity index (χ0) is 13.0. The van der Waals surface area contributed by atoms with E-state index in [1.165, 1.54) is 6.07 Å². The van der Waals surface area contributed by atoms with Crippen LogP contribution in [0.4, 0.5) is 5.69 Å². The second-order valence-corrected chi connectivity index (χ2v) is 4.56. The summed E-state index contributed by atoms with van der Waals surface area (Å²) in [5, 5.41) is 0.483. The van der Waals surface area contributed by atoms with Crippen molar-refractivity contribution < 1.29 is 9.53 Å².